The molecule has 0 aromatic heterocycles. The Morgan fingerprint density at radius 2 is 1.86 bits per heavy atom. The molecule has 1 saturated heterocycles. The first-order valence-electron chi connectivity index (χ1n) is 8.33. The van der Waals surface area contributed by atoms with Crippen molar-refractivity contribution in [1.82, 2.24) is 4.90 Å². The van der Waals surface area contributed by atoms with Crippen LogP contribution in [0.2, 0.25) is 0 Å². The predicted molar refractivity (Wildman–Crippen MR) is 86.9 cm³/mol. The average molecular weight is 288 g/mol. The van der Waals surface area contributed by atoms with E-state index < -0.39 is 0 Å². The molecule has 2 aliphatic heterocycles. The highest BCUT2D eigenvalue weighted by molar-refractivity contribution is 5.43. The molecule has 0 aliphatic carbocycles. The SMILES string of the molecule is Cc1cc2c(cc1C)OC1(CC2)CCN(CCCN)CC1. The number of ether oxygens (including phenoxy) is 1. The molecule has 2 aliphatic rings. The van der Waals surface area contributed by atoms with Crippen molar-refractivity contribution in [2.45, 2.75) is 51.6 Å². The molecule has 0 saturated carbocycles. The van der Waals surface area contributed by atoms with Crippen molar-refractivity contribution in [2.24, 2.45) is 5.73 Å². The molecule has 116 valence electrons. The number of fused-ring (bicyclic) bond motifs is 1. The number of aryl methyl sites for hydroxylation is 3. The summed E-state index contributed by atoms with van der Waals surface area (Å²) in [5, 5.41) is 0. The summed E-state index contributed by atoms with van der Waals surface area (Å²) in [6.45, 7) is 8.61. The van der Waals surface area contributed by atoms with E-state index in [-0.39, 0.29) is 5.60 Å². The lowest BCUT2D eigenvalue weighted by molar-refractivity contribution is -0.0145. The largest absolute Gasteiger partial charge is 0.487 e. The van der Waals surface area contributed by atoms with E-state index in [9.17, 15) is 0 Å². The first-order chi connectivity index (χ1) is 10.1. The van der Waals surface area contributed by atoms with Gasteiger partial charge < -0.3 is 15.4 Å². The number of rotatable bonds is 3. The van der Waals surface area contributed by atoms with Crippen molar-refractivity contribution in [3.63, 3.8) is 0 Å². The third-order valence-electron chi connectivity index (χ3n) is 5.30. The lowest BCUT2D eigenvalue weighted by atomic mass is 9.82. The van der Waals surface area contributed by atoms with Crippen LogP contribution in [-0.4, -0.2) is 36.7 Å². The van der Waals surface area contributed by atoms with Gasteiger partial charge in [-0.05, 0) is 81.8 Å². The second-order valence-electron chi connectivity index (χ2n) is 6.81. The number of likely N-dealkylation sites (tertiary alicyclic amines) is 1. The van der Waals surface area contributed by atoms with E-state index in [1.807, 2.05) is 0 Å². The zero-order valence-corrected chi connectivity index (χ0v) is 13.5. The minimum absolute atomic E-state index is 0.0912. The molecule has 0 atom stereocenters. The maximum Gasteiger partial charge on any atom is 0.123 e. The van der Waals surface area contributed by atoms with Crippen molar-refractivity contribution < 1.29 is 4.74 Å². The van der Waals surface area contributed by atoms with E-state index in [4.69, 9.17) is 10.5 Å². The molecular formula is C18H28N2O. The van der Waals surface area contributed by atoms with Gasteiger partial charge in [0.15, 0.2) is 0 Å². The monoisotopic (exact) mass is 288 g/mol. The van der Waals surface area contributed by atoms with E-state index in [1.165, 1.54) is 29.5 Å². The van der Waals surface area contributed by atoms with Crippen LogP contribution in [0, 0.1) is 13.8 Å². The summed E-state index contributed by atoms with van der Waals surface area (Å²) in [6.07, 6.45) is 5.76. The third-order valence-corrected chi connectivity index (χ3v) is 5.30. The number of nitrogens with two attached hydrogens (primary N) is 1. The van der Waals surface area contributed by atoms with Crippen LogP contribution < -0.4 is 10.5 Å². The van der Waals surface area contributed by atoms with E-state index in [1.54, 1.807) is 0 Å². The van der Waals surface area contributed by atoms with E-state index in [0.29, 0.717) is 0 Å². The Morgan fingerprint density at radius 1 is 1.14 bits per heavy atom. The molecule has 1 fully saturated rings. The molecule has 0 amide bonds. The minimum atomic E-state index is 0.0912. The molecule has 1 aromatic rings. The highest BCUT2D eigenvalue weighted by Gasteiger charge is 2.39. The van der Waals surface area contributed by atoms with E-state index in [0.717, 1.165) is 51.2 Å². The molecule has 0 radical (unpaired) electrons. The van der Waals surface area contributed by atoms with Crippen LogP contribution >= 0.6 is 0 Å². The quantitative estimate of drug-likeness (QED) is 0.929. The Labute approximate surface area is 128 Å². The summed E-state index contributed by atoms with van der Waals surface area (Å²) in [5.41, 5.74) is 9.82. The zero-order valence-electron chi connectivity index (χ0n) is 13.5. The van der Waals surface area contributed by atoms with Crippen LogP contribution in [0.15, 0.2) is 12.1 Å². The Morgan fingerprint density at radius 3 is 2.57 bits per heavy atom. The lowest BCUT2D eigenvalue weighted by Gasteiger charge is -2.44. The second kappa shape index (κ2) is 5.98. The van der Waals surface area contributed by atoms with Gasteiger partial charge in [0, 0.05) is 13.1 Å². The first-order valence-corrected chi connectivity index (χ1v) is 8.33. The smallest absolute Gasteiger partial charge is 0.123 e. The topological polar surface area (TPSA) is 38.5 Å². The summed E-state index contributed by atoms with van der Waals surface area (Å²) in [5.74, 6) is 1.14. The lowest BCUT2D eigenvalue weighted by Crippen LogP contribution is -2.50. The van der Waals surface area contributed by atoms with Crippen molar-refractivity contribution in [2.75, 3.05) is 26.2 Å². The maximum atomic E-state index is 6.50. The maximum absolute atomic E-state index is 6.50. The molecule has 0 bridgehead atoms. The summed E-state index contributed by atoms with van der Waals surface area (Å²) >= 11 is 0. The molecule has 21 heavy (non-hydrogen) atoms. The number of piperidine rings is 1. The molecule has 1 aromatic carbocycles. The highest BCUT2D eigenvalue weighted by atomic mass is 16.5. The van der Waals surface area contributed by atoms with Crippen molar-refractivity contribution in [3.8, 4) is 5.75 Å². The number of hydrogen-bond acceptors (Lipinski definition) is 3. The van der Waals surface area contributed by atoms with Gasteiger partial charge in [-0.3, -0.25) is 0 Å². The number of benzene rings is 1. The van der Waals surface area contributed by atoms with Gasteiger partial charge in [-0.15, -0.1) is 0 Å². The molecule has 2 heterocycles. The molecule has 3 nitrogen and oxygen atoms in total. The molecule has 0 unspecified atom stereocenters. The standard InChI is InChI=1S/C18H28N2O/c1-14-12-16-4-5-18(21-17(16)13-15(14)2)6-10-20(11-7-18)9-3-8-19/h12-13H,3-11,19H2,1-2H3. The fourth-order valence-corrected chi connectivity index (χ4v) is 3.64. The number of hydrogen-bond donors (Lipinski definition) is 1. The van der Waals surface area contributed by atoms with Crippen LogP contribution in [0.1, 0.15) is 42.4 Å². The van der Waals surface area contributed by atoms with Gasteiger partial charge in [-0.25, -0.2) is 0 Å². The van der Waals surface area contributed by atoms with Gasteiger partial charge in [0.05, 0.1) is 0 Å². The van der Waals surface area contributed by atoms with Crippen molar-refractivity contribution in [3.05, 3.63) is 28.8 Å². The normalized spacial score (nSPS) is 21.1. The molecule has 2 N–H and O–H groups in total. The summed E-state index contributed by atoms with van der Waals surface area (Å²) in [6, 6.07) is 4.56. The second-order valence-corrected chi connectivity index (χ2v) is 6.81. The van der Waals surface area contributed by atoms with Crippen LogP contribution in [-0.2, 0) is 6.42 Å². The van der Waals surface area contributed by atoms with Crippen molar-refractivity contribution in [1.29, 1.82) is 0 Å². The third kappa shape index (κ3) is 3.09. The zero-order chi connectivity index (χ0) is 14.9. The van der Waals surface area contributed by atoms with Gasteiger partial charge in [-0.1, -0.05) is 6.07 Å². The van der Waals surface area contributed by atoms with E-state index >= 15 is 0 Å². The number of nitrogens with zero attached hydrogens (tertiary/aromatic N) is 1. The van der Waals surface area contributed by atoms with Gasteiger partial charge in [0.25, 0.3) is 0 Å². The van der Waals surface area contributed by atoms with Crippen LogP contribution in [0.5, 0.6) is 5.75 Å². The Hall–Kier alpha value is -1.06. The molecule has 3 rings (SSSR count). The van der Waals surface area contributed by atoms with Gasteiger partial charge in [0.1, 0.15) is 11.4 Å². The Kier molecular flexibility index (Phi) is 4.23. The van der Waals surface area contributed by atoms with Gasteiger partial charge in [-0.2, -0.15) is 0 Å². The van der Waals surface area contributed by atoms with Gasteiger partial charge in [0.2, 0.25) is 0 Å². The van der Waals surface area contributed by atoms with Crippen LogP contribution in [0.4, 0.5) is 0 Å². The highest BCUT2D eigenvalue weighted by Crippen LogP contribution is 2.40. The molecular weight excluding hydrogens is 260 g/mol. The average Bonchev–Trinajstić information content (AvgIpc) is 2.49. The van der Waals surface area contributed by atoms with E-state index in [2.05, 4.69) is 30.9 Å². The van der Waals surface area contributed by atoms with Crippen LogP contribution in [0.3, 0.4) is 0 Å². The molecule has 3 heteroatoms. The summed E-state index contributed by atoms with van der Waals surface area (Å²) in [7, 11) is 0. The van der Waals surface area contributed by atoms with Crippen LogP contribution in [0.25, 0.3) is 0 Å². The molecule has 1 spiro atoms. The first kappa shape index (κ1) is 14.9. The summed E-state index contributed by atoms with van der Waals surface area (Å²) in [4.78, 5) is 2.54. The fourth-order valence-electron chi connectivity index (χ4n) is 3.64. The van der Waals surface area contributed by atoms with Crippen molar-refractivity contribution >= 4 is 0 Å². The fraction of sp³-hybridized carbons (Fsp3) is 0.667. The Balaban J connectivity index is 1.67. The summed E-state index contributed by atoms with van der Waals surface area (Å²) < 4.78 is 6.50. The van der Waals surface area contributed by atoms with Gasteiger partial charge >= 0.3 is 0 Å². The minimum Gasteiger partial charge on any atom is -0.487 e. The Bertz CT molecular complexity index is 504. The predicted octanol–water partition coefficient (Wildman–Crippen LogP) is 2.81.